The third-order valence-corrected chi connectivity index (χ3v) is 1.98. The van der Waals surface area contributed by atoms with Crippen molar-refractivity contribution in [2.45, 2.75) is 25.7 Å². The maximum atomic E-state index is 12.7. The summed E-state index contributed by atoms with van der Waals surface area (Å²) >= 11 is 0. The van der Waals surface area contributed by atoms with Gasteiger partial charge >= 0.3 is 12.5 Å². The molecule has 0 fully saturated rings. The van der Waals surface area contributed by atoms with E-state index >= 15 is 0 Å². The maximum Gasteiger partial charge on any atom is 0.573 e. The van der Waals surface area contributed by atoms with E-state index in [9.17, 15) is 26.3 Å². The Balaban J connectivity index is 3.47. The highest BCUT2D eigenvalue weighted by atomic mass is 19.4. The first-order chi connectivity index (χ1) is 8.58. The van der Waals surface area contributed by atoms with Crippen LogP contribution in [0.25, 0.3) is 0 Å². The van der Waals surface area contributed by atoms with Gasteiger partial charge in [-0.15, -0.1) is 13.2 Å². The maximum absolute atomic E-state index is 12.7. The van der Waals surface area contributed by atoms with Crippen LogP contribution in [0.1, 0.15) is 17.0 Å². The Morgan fingerprint density at radius 2 is 1.79 bits per heavy atom. The molecule has 1 heterocycles. The summed E-state index contributed by atoms with van der Waals surface area (Å²) in [6.07, 6.45) is -10.5. The molecule has 0 bridgehead atoms. The molecule has 0 atom stereocenters. The first kappa shape index (κ1) is 15.5. The van der Waals surface area contributed by atoms with Gasteiger partial charge in [0.2, 0.25) is 0 Å². The highest BCUT2D eigenvalue weighted by molar-refractivity contribution is 5.40. The van der Waals surface area contributed by atoms with Crippen LogP contribution in [0.4, 0.5) is 26.3 Å². The summed E-state index contributed by atoms with van der Waals surface area (Å²) in [5.74, 6) is -1.49. The zero-order valence-electron chi connectivity index (χ0n) is 9.14. The molecule has 0 aromatic carbocycles. The molecule has 108 valence electrons. The predicted octanol–water partition coefficient (Wildman–Crippen LogP) is 1.95. The minimum absolute atomic E-state index is 0.267. The number of halogens is 6. The molecule has 0 aliphatic carbocycles. The van der Waals surface area contributed by atoms with Crippen LogP contribution < -0.4 is 10.5 Å². The minimum atomic E-state index is -5.31. The zero-order valence-corrected chi connectivity index (χ0v) is 9.14. The second-order valence-corrected chi connectivity index (χ2v) is 3.34. The van der Waals surface area contributed by atoms with Crippen LogP contribution in [0, 0.1) is 0 Å². The van der Waals surface area contributed by atoms with Crippen LogP contribution in [0.2, 0.25) is 0 Å². The highest BCUT2D eigenvalue weighted by Crippen LogP contribution is 2.40. The van der Waals surface area contributed by atoms with Crippen molar-refractivity contribution in [2.75, 3.05) is 0 Å². The van der Waals surface area contributed by atoms with Gasteiger partial charge in [-0.2, -0.15) is 13.2 Å². The number of hydrogen-bond donors (Lipinski definition) is 2. The fourth-order valence-corrected chi connectivity index (χ4v) is 1.35. The van der Waals surface area contributed by atoms with Gasteiger partial charge in [0, 0.05) is 12.6 Å². The van der Waals surface area contributed by atoms with E-state index in [0.717, 1.165) is 0 Å². The van der Waals surface area contributed by atoms with Gasteiger partial charge in [-0.05, 0) is 0 Å². The van der Waals surface area contributed by atoms with Crippen molar-refractivity contribution in [1.29, 1.82) is 0 Å². The number of aliphatic hydroxyl groups excluding tert-OH is 1. The largest absolute Gasteiger partial charge is 0.573 e. The zero-order chi connectivity index (χ0) is 14.8. The van der Waals surface area contributed by atoms with Crippen molar-refractivity contribution >= 4 is 0 Å². The molecule has 1 rings (SSSR count). The van der Waals surface area contributed by atoms with Gasteiger partial charge in [0.1, 0.15) is 11.3 Å². The number of nitrogens with two attached hydrogens (primary N) is 1. The number of ether oxygens (including phenoxy) is 1. The molecule has 3 N–H and O–H groups in total. The molecule has 19 heavy (non-hydrogen) atoms. The van der Waals surface area contributed by atoms with Gasteiger partial charge in [0.05, 0.1) is 18.0 Å². The first-order valence-electron chi connectivity index (χ1n) is 4.75. The summed E-state index contributed by atoms with van der Waals surface area (Å²) in [5.41, 5.74) is 2.08. The number of alkyl halides is 6. The van der Waals surface area contributed by atoms with Crippen LogP contribution >= 0.6 is 0 Å². The molecule has 0 saturated heterocycles. The molecule has 0 amide bonds. The van der Waals surface area contributed by atoms with Crippen LogP contribution in [0.3, 0.4) is 0 Å². The topological polar surface area (TPSA) is 68.4 Å². The van der Waals surface area contributed by atoms with E-state index in [0.29, 0.717) is 6.07 Å². The van der Waals surface area contributed by atoms with Crippen molar-refractivity contribution < 1.29 is 36.2 Å². The van der Waals surface area contributed by atoms with Gasteiger partial charge in [0.25, 0.3) is 0 Å². The van der Waals surface area contributed by atoms with Crippen LogP contribution in [-0.4, -0.2) is 16.5 Å². The third-order valence-electron chi connectivity index (χ3n) is 1.98. The molecule has 0 aliphatic heterocycles. The summed E-state index contributed by atoms with van der Waals surface area (Å²) in [6.45, 7) is -1.60. The Kier molecular flexibility index (Phi) is 4.25. The Hall–Kier alpha value is -1.55. The summed E-state index contributed by atoms with van der Waals surface area (Å²) in [6, 6.07) is 0.440. The van der Waals surface area contributed by atoms with Crippen molar-refractivity contribution in [2.24, 2.45) is 5.73 Å². The average Bonchev–Trinajstić information content (AvgIpc) is 2.23. The molecule has 10 heteroatoms. The molecule has 0 aliphatic rings. The lowest BCUT2D eigenvalue weighted by Crippen LogP contribution is -2.22. The molecular formula is C9H8F6N2O2. The monoisotopic (exact) mass is 290 g/mol. The molecule has 1 aromatic heterocycles. The third kappa shape index (κ3) is 3.96. The normalized spacial score (nSPS) is 12.6. The number of hydrogen-bond acceptors (Lipinski definition) is 4. The number of aromatic nitrogens is 1. The Labute approximate surface area is 102 Å². The highest BCUT2D eigenvalue weighted by Gasteiger charge is 2.42. The van der Waals surface area contributed by atoms with E-state index in [1.54, 1.807) is 0 Å². The molecule has 0 radical (unpaired) electrons. The van der Waals surface area contributed by atoms with Crippen molar-refractivity contribution in [3.8, 4) is 5.75 Å². The van der Waals surface area contributed by atoms with Crippen LogP contribution in [0.15, 0.2) is 6.07 Å². The first-order valence-corrected chi connectivity index (χ1v) is 4.75. The van der Waals surface area contributed by atoms with Gasteiger partial charge < -0.3 is 15.6 Å². The van der Waals surface area contributed by atoms with Crippen molar-refractivity contribution in [3.05, 3.63) is 23.0 Å². The lowest BCUT2D eigenvalue weighted by molar-refractivity contribution is -0.276. The molecule has 1 aromatic rings. The van der Waals surface area contributed by atoms with Gasteiger partial charge in [-0.25, -0.2) is 0 Å². The fourth-order valence-electron chi connectivity index (χ4n) is 1.35. The minimum Gasteiger partial charge on any atom is -0.405 e. The average molecular weight is 290 g/mol. The van der Waals surface area contributed by atoms with Crippen molar-refractivity contribution in [1.82, 2.24) is 4.98 Å². The van der Waals surface area contributed by atoms with E-state index in [1.165, 1.54) is 0 Å². The van der Waals surface area contributed by atoms with Gasteiger partial charge in [-0.1, -0.05) is 0 Å². The summed E-state index contributed by atoms with van der Waals surface area (Å²) < 4.78 is 77.6. The number of rotatable bonds is 3. The SMILES string of the molecule is NCc1cc(OC(F)(F)F)c(C(F)(F)F)c(CO)n1. The molecule has 4 nitrogen and oxygen atoms in total. The number of aliphatic hydroxyl groups is 1. The Bertz CT molecular complexity index is 457. The second-order valence-electron chi connectivity index (χ2n) is 3.34. The number of nitrogens with zero attached hydrogens (tertiary/aromatic N) is 1. The molecular weight excluding hydrogens is 282 g/mol. The van der Waals surface area contributed by atoms with Gasteiger partial charge in [0.15, 0.2) is 0 Å². The Morgan fingerprint density at radius 3 is 2.16 bits per heavy atom. The summed E-state index contributed by atoms with van der Waals surface area (Å²) in [7, 11) is 0. The lowest BCUT2D eigenvalue weighted by atomic mass is 10.1. The van der Waals surface area contributed by atoms with E-state index in [1.807, 2.05) is 0 Å². The summed E-state index contributed by atoms with van der Waals surface area (Å²) in [4.78, 5) is 3.32. The smallest absolute Gasteiger partial charge is 0.405 e. The van der Waals surface area contributed by atoms with E-state index in [2.05, 4.69) is 9.72 Å². The van der Waals surface area contributed by atoms with Gasteiger partial charge in [-0.3, -0.25) is 4.98 Å². The standard InChI is InChI=1S/C9H8F6N2O2/c10-8(11,12)7-5(3-18)17-4(2-16)1-6(7)19-9(13,14)15/h1,18H,2-3,16H2. The second kappa shape index (κ2) is 5.21. The van der Waals surface area contributed by atoms with E-state index in [-0.39, 0.29) is 5.69 Å². The van der Waals surface area contributed by atoms with Crippen LogP contribution in [-0.2, 0) is 19.3 Å². The quantitative estimate of drug-likeness (QED) is 0.835. The van der Waals surface area contributed by atoms with Crippen molar-refractivity contribution in [3.63, 3.8) is 0 Å². The molecule has 0 spiro atoms. The molecule has 0 saturated carbocycles. The lowest BCUT2D eigenvalue weighted by Gasteiger charge is -2.18. The van der Waals surface area contributed by atoms with E-state index in [4.69, 9.17) is 10.8 Å². The molecule has 0 unspecified atom stereocenters. The number of pyridine rings is 1. The fraction of sp³-hybridized carbons (Fsp3) is 0.444. The van der Waals surface area contributed by atoms with E-state index < -0.39 is 42.7 Å². The van der Waals surface area contributed by atoms with Crippen LogP contribution in [0.5, 0.6) is 5.75 Å². The predicted molar refractivity (Wildman–Crippen MR) is 49.7 cm³/mol. The summed E-state index contributed by atoms with van der Waals surface area (Å²) in [5, 5.41) is 8.78. The Morgan fingerprint density at radius 1 is 1.21 bits per heavy atom.